The van der Waals surface area contributed by atoms with E-state index in [-0.39, 0.29) is 6.10 Å². The molecule has 1 fully saturated rings. The van der Waals surface area contributed by atoms with Gasteiger partial charge in [0.2, 0.25) is 0 Å². The van der Waals surface area contributed by atoms with E-state index >= 15 is 0 Å². The first-order valence-corrected chi connectivity index (χ1v) is 7.60. The van der Waals surface area contributed by atoms with Crippen LogP contribution >= 0.6 is 0 Å². The third-order valence-corrected chi connectivity index (χ3v) is 3.88. The van der Waals surface area contributed by atoms with Crippen LogP contribution in [0.5, 0.6) is 0 Å². The van der Waals surface area contributed by atoms with E-state index in [4.69, 9.17) is 14.2 Å². The van der Waals surface area contributed by atoms with E-state index in [9.17, 15) is 5.11 Å². The molecule has 0 radical (unpaired) electrons. The van der Waals surface area contributed by atoms with Gasteiger partial charge in [0.05, 0.1) is 32.0 Å². The van der Waals surface area contributed by atoms with Gasteiger partial charge < -0.3 is 19.3 Å². The van der Waals surface area contributed by atoms with Crippen LogP contribution in [0.15, 0.2) is 0 Å². The van der Waals surface area contributed by atoms with Crippen LogP contribution in [0.2, 0.25) is 0 Å². The fraction of sp³-hybridized carbons (Fsp3) is 1.00. The molecule has 0 spiro atoms. The number of rotatable bonds is 12. The molecule has 1 aliphatic rings. The lowest BCUT2D eigenvalue weighted by atomic mass is 10.1. The van der Waals surface area contributed by atoms with Crippen molar-refractivity contribution in [1.82, 2.24) is 4.90 Å². The second-order valence-electron chi connectivity index (χ2n) is 5.82. The smallest absolute Gasteiger partial charge is 0.0900 e. The lowest BCUT2D eigenvalue weighted by Gasteiger charge is -2.31. The molecule has 1 rings (SSSR count). The Morgan fingerprint density at radius 1 is 1.15 bits per heavy atom. The Bertz CT molecular complexity index is 248. The van der Waals surface area contributed by atoms with Crippen molar-refractivity contribution < 1.29 is 19.3 Å². The summed E-state index contributed by atoms with van der Waals surface area (Å²) in [5, 5.41) is 10.1. The molecule has 5 nitrogen and oxygen atoms in total. The zero-order chi connectivity index (χ0) is 15.0. The van der Waals surface area contributed by atoms with Crippen LogP contribution in [-0.2, 0) is 14.2 Å². The summed E-state index contributed by atoms with van der Waals surface area (Å²) in [5.74, 6) is 0.785. The average Bonchev–Trinajstić information content (AvgIpc) is 3.25. The molecular weight excluding hydrogens is 258 g/mol. The normalized spacial score (nSPS) is 20.1. The standard InChI is InChI=1S/C15H31NO4/c1-12(10-19-4)20-11-15(17)9-16(7-8-18-3)13(2)14-5-6-14/h12-15,17H,5-11H2,1-4H3. The molecule has 3 atom stereocenters. The number of nitrogens with zero attached hydrogens (tertiary/aromatic N) is 1. The number of methoxy groups -OCH3 is 2. The van der Waals surface area contributed by atoms with Gasteiger partial charge in [-0.15, -0.1) is 0 Å². The van der Waals surface area contributed by atoms with Crippen LogP contribution in [0.1, 0.15) is 26.7 Å². The van der Waals surface area contributed by atoms with Crippen molar-refractivity contribution in [3.63, 3.8) is 0 Å². The minimum Gasteiger partial charge on any atom is -0.389 e. The van der Waals surface area contributed by atoms with E-state index in [1.807, 2.05) is 6.92 Å². The van der Waals surface area contributed by atoms with Crippen molar-refractivity contribution in [3.8, 4) is 0 Å². The summed E-state index contributed by atoms with van der Waals surface area (Å²) in [5.41, 5.74) is 0. The van der Waals surface area contributed by atoms with Gasteiger partial charge in [-0.2, -0.15) is 0 Å². The SMILES string of the molecule is COCCN(CC(O)COC(C)COC)C(C)C1CC1. The Kier molecular flexibility index (Phi) is 8.64. The van der Waals surface area contributed by atoms with E-state index < -0.39 is 6.10 Å². The van der Waals surface area contributed by atoms with Gasteiger partial charge in [0.1, 0.15) is 0 Å². The van der Waals surface area contributed by atoms with Gasteiger partial charge in [-0.3, -0.25) is 4.90 Å². The first-order valence-electron chi connectivity index (χ1n) is 7.60. The highest BCUT2D eigenvalue weighted by Gasteiger charge is 2.32. The predicted molar refractivity (Wildman–Crippen MR) is 78.9 cm³/mol. The summed E-state index contributed by atoms with van der Waals surface area (Å²) in [6, 6.07) is 0.510. The van der Waals surface area contributed by atoms with Gasteiger partial charge >= 0.3 is 0 Å². The highest BCUT2D eigenvalue weighted by molar-refractivity contribution is 4.86. The van der Waals surface area contributed by atoms with Crippen molar-refractivity contribution in [2.75, 3.05) is 47.1 Å². The first kappa shape index (κ1) is 17.9. The third kappa shape index (κ3) is 6.99. The van der Waals surface area contributed by atoms with Crippen LogP contribution < -0.4 is 0 Å². The molecule has 1 aliphatic carbocycles. The van der Waals surface area contributed by atoms with Gasteiger partial charge in [-0.1, -0.05) is 0 Å². The van der Waals surface area contributed by atoms with Crippen LogP contribution in [0.3, 0.4) is 0 Å². The molecule has 20 heavy (non-hydrogen) atoms. The maximum Gasteiger partial charge on any atom is 0.0900 e. The fourth-order valence-electron chi connectivity index (χ4n) is 2.43. The van der Waals surface area contributed by atoms with Crippen molar-refractivity contribution >= 4 is 0 Å². The van der Waals surface area contributed by atoms with Crippen molar-refractivity contribution in [2.24, 2.45) is 5.92 Å². The Hall–Kier alpha value is -0.200. The van der Waals surface area contributed by atoms with Crippen LogP contribution in [0.4, 0.5) is 0 Å². The molecule has 0 saturated heterocycles. The summed E-state index contributed by atoms with van der Waals surface area (Å²) < 4.78 is 15.8. The van der Waals surface area contributed by atoms with Gasteiger partial charge in [0.25, 0.3) is 0 Å². The van der Waals surface area contributed by atoms with Gasteiger partial charge in [-0.05, 0) is 32.6 Å². The van der Waals surface area contributed by atoms with Crippen LogP contribution in [-0.4, -0.2) is 75.4 Å². The van der Waals surface area contributed by atoms with E-state index in [1.165, 1.54) is 12.8 Å². The molecule has 0 amide bonds. The molecule has 0 aromatic rings. The summed E-state index contributed by atoms with van der Waals surface area (Å²) >= 11 is 0. The lowest BCUT2D eigenvalue weighted by molar-refractivity contribution is -0.0446. The molecule has 0 aliphatic heterocycles. The Morgan fingerprint density at radius 2 is 1.85 bits per heavy atom. The molecule has 1 N–H and O–H groups in total. The van der Waals surface area contributed by atoms with Gasteiger partial charge in [0, 0.05) is 33.4 Å². The Labute approximate surface area is 123 Å². The first-order chi connectivity index (χ1) is 9.58. The lowest BCUT2D eigenvalue weighted by Crippen LogP contribution is -2.43. The summed E-state index contributed by atoms with van der Waals surface area (Å²) in [4.78, 5) is 2.32. The minimum absolute atomic E-state index is 0.0166. The van der Waals surface area contributed by atoms with Crippen LogP contribution in [0.25, 0.3) is 0 Å². The Morgan fingerprint density at radius 3 is 2.40 bits per heavy atom. The highest BCUT2D eigenvalue weighted by atomic mass is 16.5. The molecule has 0 aromatic carbocycles. The van der Waals surface area contributed by atoms with Crippen molar-refractivity contribution in [1.29, 1.82) is 0 Å². The molecule has 1 saturated carbocycles. The third-order valence-electron chi connectivity index (χ3n) is 3.88. The largest absolute Gasteiger partial charge is 0.389 e. The molecule has 0 aromatic heterocycles. The number of aliphatic hydroxyl groups is 1. The van der Waals surface area contributed by atoms with E-state index in [2.05, 4.69) is 11.8 Å². The molecule has 3 unspecified atom stereocenters. The topological polar surface area (TPSA) is 51.2 Å². The van der Waals surface area contributed by atoms with Crippen molar-refractivity contribution in [3.05, 3.63) is 0 Å². The second kappa shape index (κ2) is 9.68. The zero-order valence-electron chi connectivity index (χ0n) is 13.4. The highest BCUT2D eigenvalue weighted by Crippen LogP contribution is 2.35. The molecule has 120 valence electrons. The summed E-state index contributed by atoms with van der Waals surface area (Å²) in [6.07, 6.45) is 2.17. The van der Waals surface area contributed by atoms with Crippen molar-refractivity contribution in [2.45, 2.75) is 44.9 Å². The predicted octanol–water partition coefficient (Wildman–Crippen LogP) is 1.15. The van der Waals surface area contributed by atoms with E-state index in [1.54, 1.807) is 14.2 Å². The molecule has 5 heteroatoms. The zero-order valence-corrected chi connectivity index (χ0v) is 13.4. The van der Waals surface area contributed by atoms with Crippen LogP contribution in [0, 0.1) is 5.92 Å². The maximum atomic E-state index is 10.1. The number of hydrogen-bond donors (Lipinski definition) is 1. The van der Waals surface area contributed by atoms with Gasteiger partial charge in [0.15, 0.2) is 0 Å². The van der Waals surface area contributed by atoms with Gasteiger partial charge in [-0.25, -0.2) is 0 Å². The second-order valence-corrected chi connectivity index (χ2v) is 5.82. The average molecular weight is 289 g/mol. The summed E-state index contributed by atoms with van der Waals surface area (Å²) in [7, 11) is 3.37. The number of ether oxygens (including phenoxy) is 3. The maximum absolute atomic E-state index is 10.1. The monoisotopic (exact) mass is 289 g/mol. The molecule has 0 bridgehead atoms. The number of hydrogen-bond acceptors (Lipinski definition) is 5. The summed E-state index contributed by atoms with van der Waals surface area (Å²) in [6.45, 7) is 7.30. The molecular formula is C15H31NO4. The Balaban J connectivity index is 2.30. The van der Waals surface area contributed by atoms with E-state index in [0.29, 0.717) is 32.4 Å². The van der Waals surface area contributed by atoms with E-state index in [0.717, 1.165) is 12.5 Å². The quantitative estimate of drug-likeness (QED) is 0.584. The molecule has 0 heterocycles. The minimum atomic E-state index is -0.465. The number of aliphatic hydroxyl groups excluding tert-OH is 1. The fourth-order valence-corrected chi connectivity index (χ4v) is 2.43.